The Morgan fingerprint density at radius 3 is 2.49 bits per heavy atom. The molecule has 0 amide bonds. The van der Waals surface area contributed by atoms with Gasteiger partial charge in [-0.3, -0.25) is 9.36 Å². The summed E-state index contributed by atoms with van der Waals surface area (Å²) in [7, 11) is 4.50. The molecule has 3 aromatic rings. The Morgan fingerprint density at radius 2 is 1.84 bits per heavy atom. The summed E-state index contributed by atoms with van der Waals surface area (Å²) < 4.78 is 23.7. The lowest BCUT2D eigenvalue weighted by Crippen LogP contribution is -2.40. The van der Waals surface area contributed by atoms with Gasteiger partial charge < -0.3 is 24.1 Å². The fourth-order valence-corrected chi connectivity index (χ4v) is 5.62. The van der Waals surface area contributed by atoms with E-state index in [-0.39, 0.29) is 29.2 Å². The lowest BCUT2D eigenvalue weighted by molar-refractivity contribution is -0.139. The smallest absolute Gasteiger partial charge is 0.338 e. The lowest BCUT2D eigenvalue weighted by atomic mass is 9.95. The van der Waals surface area contributed by atoms with Gasteiger partial charge in [0, 0.05) is 0 Å². The molecule has 1 aliphatic heterocycles. The van der Waals surface area contributed by atoms with Crippen LogP contribution in [-0.4, -0.2) is 43.6 Å². The van der Waals surface area contributed by atoms with E-state index in [4.69, 9.17) is 18.9 Å². The van der Waals surface area contributed by atoms with Gasteiger partial charge in [-0.2, -0.15) is 0 Å². The van der Waals surface area contributed by atoms with Crippen molar-refractivity contribution in [1.29, 1.82) is 0 Å². The van der Waals surface area contributed by atoms with Crippen LogP contribution in [0.5, 0.6) is 23.0 Å². The van der Waals surface area contributed by atoms with E-state index >= 15 is 0 Å². The second-order valence-electron chi connectivity index (χ2n) is 7.97. The van der Waals surface area contributed by atoms with Gasteiger partial charge in [0.1, 0.15) is 0 Å². The number of rotatable bonds is 7. The third-order valence-corrected chi connectivity index (χ3v) is 7.40. The van der Waals surface area contributed by atoms with Gasteiger partial charge in [-0.15, -0.1) is 0 Å². The van der Waals surface area contributed by atoms with Gasteiger partial charge in [0.05, 0.1) is 54.3 Å². The zero-order chi connectivity index (χ0) is 26.9. The first-order chi connectivity index (χ1) is 17.7. The van der Waals surface area contributed by atoms with Gasteiger partial charge in [-0.05, 0) is 71.2 Å². The average molecular weight is 589 g/mol. The summed E-state index contributed by atoms with van der Waals surface area (Å²) in [4.78, 5) is 31.9. The van der Waals surface area contributed by atoms with E-state index < -0.39 is 12.0 Å². The molecule has 194 valence electrons. The average Bonchev–Trinajstić information content (AvgIpc) is 3.18. The zero-order valence-corrected chi connectivity index (χ0v) is 23.2. The minimum Gasteiger partial charge on any atom is -0.503 e. The van der Waals surface area contributed by atoms with Crippen molar-refractivity contribution in [3.05, 3.63) is 76.9 Å². The number of methoxy groups -OCH3 is 3. The van der Waals surface area contributed by atoms with Crippen molar-refractivity contribution in [2.45, 2.75) is 19.9 Å². The molecular weight excluding hydrogens is 564 g/mol. The largest absolute Gasteiger partial charge is 0.503 e. The third-order valence-electron chi connectivity index (χ3n) is 5.81. The van der Waals surface area contributed by atoms with Crippen LogP contribution in [-0.2, 0) is 9.53 Å². The predicted octanol–water partition coefficient (Wildman–Crippen LogP) is 3.29. The number of esters is 1. The molecule has 1 aliphatic rings. The topological polar surface area (TPSA) is 109 Å². The van der Waals surface area contributed by atoms with E-state index in [1.807, 2.05) is 0 Å². The normalized spacial score (nSPS) is 15.2. The molecule has 1 N–H and O–H groups in total. The van der Waals surface area contributed by atoms with Crippen LogP contribution in [0.4, 0.5) is 0 Å². The molecule has 0 unspecified atom stereocenters. The number of hydrogen-bond acceptors (Lipinski definition) is 9. The highest BCUT2D eigenvalue weighted by molar-refractivity contribution is 9.10. The Labute approximate surface area is 225 Å². The van der Waals surface area contributed by atoms with Crippen molar-refractivity contribution < 1.29 is 28.8 Å². The molecule has 2 aromatic carbocycles. The molecule has 1 aromatic heterocycles. The number of aromatic nitrogens is 1. The van der Waals surface area contributed by atoms with Crippen LogP contribution in [0, 0.1) is 0 Å². The molecule has 4 rings (SSSR count). The number of ether oxygens (including phenoxy) is 4. The van der Waals surface area contributed by atoms with Crippen molar-refractivity contribution in [2.24, 2.45) is 4.99 Å². The quantitative estimate of drug-likeness (QED) is 0.422. The first-order valence-electron chi connectivity index (χ1n) is 11.2. The minimum absolute atomic E-state index is 0.0377. The molecular formula is C26H25BrN2O7S. The van der Waals surface area contributed by atoms with Gasteiger partial charge >= 0.3 is 5.97 Å². The molecule has 9 nitrogen and oxygen atoms in total. The summed E-state index contributed by atoms with van der Waals surface area (Å²) >= 11 is 4.50. The van der Waals surface area contributed by atoms with Crippen LogP contribution < -0.4 is 29.1 Å². The van der Waals surface area contributed by atoms with Gasteiger partial charge in [0.15, 0.2) is 27.8 Å². The summed E-state index contributed by atoms with van der Waals surface area (Å²) in [5.41, 5.74) is 1.66. The maximum Gasteiger partial charge on any atom is 0.338 e. The fourth-order valence-electron chi connectivity index (χ4n) is 4.11. The highest BCUT2D eigenvalue weighted by Crippen LogP contribution is 2.37. The van der Waals surface area contributed by atoms with E-state index in [1.54, 1.807) is 50.3 Å². The highest BCUT2D eigenvalue weighted by Gasteiger charge is 2.34. The number of benzene rings is 2. The lowest BCUT2D eigenvalue weighted by Gasteiger charge is -2.25. The second kappa shape index (κ2) is 10.8. The first-order valence-corrected chi connectivity index (χ1v) is 12.8. The number of fused-ring (bicyclic) bond motifs is 1. The van der Waals surface area contributed by atoms with E-state index in [1.165, 1.54) is 37.2 Å². The molecule has 0 bridgehead atoms. The molecule has 0 spiro atoms. The molecule has 0 saturated heterocycles. The molecule has 37 heavy (non-hydrogen) atoms. The molecule has 0 fully saturated rings. The summed E-state index contributed by atoms with van der Waals surface area (Å²) in [6.07, 6.45) is 1.69. The molecule has 2 heterocycles. The Balaban J connectivity index is 1.97. The Hall–Kier alpha value is -3.57. The number of halogens is 1. The predicted molar refractivity (Wildman–Crippen MR) is 142 cm³/mol. The van der Waals surface area contributed by atoms with Crippen molar-refractivity contribution in [3.63, 3.8) is 0 Å². The van der Waals surface area contributed by atoms with Crippen LogP contribution in [0.25, 0.3) is 6.08 Å². The number of phenolic OH excluding ortho intramolecular Hbond substituents is 1. The van der Waals surface area contributed by atoms with Crippen molar-refractivity contribution >= 4 is 39.3 Å². The van der Waals surface area contributed by atoms with E-state index in [0.29, 0.717) is 42.1 Å². The van der Waals surface area contributed by atoms with Gasteiger partial charge in [-0.25, -0.2) is 9.79 Å². The van der Waals surface area contributed by atoms with Crippen molar-refractivity contribution in [3.8, 4) is 23.0 Å². The van der Waals surface area contributed by atoms with E-state index in [2.05, 4.69) is 20.9 Å². The summed E-state index contributed by atoms with van der Waals surface area (Å²) in [6, 6.07) is 7.75. The van der Waals surface area contributed by atoms with Crippen LogP contribution in [0.15, 0.2) is 55.9 Å². The second-order valence-corrected chi connectivity index (χ2v) is 9.83. The van der Waals surface area contributed by atoms with Crippen molar-refractivity contribution in [2.75, 3.05) is 27.9 Å². The number of thiazole rings is 1. The Kier molecular flexibility index (Phi) is 7.74. The number of nitrogens with zero attached hydrogens (tertiary/aromatic N) is 2. The van der Waals surface area contributed by atoms with Crippen LogP contribution in [0.2, 0.25) is 0 Å². The van der Waals surface area contributed by atoms with Crippen molar-refractivity contribution in [1.82, 2.24) is 4.57 Å². The van der Waals surface area contributed by atoms with Gasteiger partial charge in [0.25, 0.3) is 5.56 Å². The number of carbonyl (C=O) groups is 1. The highest BCUT2D eigenvalue weighted by atomic mass is 79.9. The fraction of sp³-hybridized carbons (Fsp3) is 0.269. The molecule has 0 radical (unpaired) electrons. The Bertz CT molecular complexity index is 1590. The van der Waals surface area contributed by atoms with Crippen LogP contribution in [0.3, 0.4) is 0 Å². The summed E-state index contributed by atoms with van der Waals surface area (Å²) in [5, 5.41) is 10.1. The van der Waals surface area contributed by atoms with Crippen LogP contribution >= 0.6 is 27.3 Å². The first kappa shape index (κ1) is 26.5. The monoisotopic (exact) mass is 588 g/mol. The van der Waals surface area contributed by atoms with Crippen LogP contribution in [0.1, 0.15) is 31.0 Å². The minimum atomic E-state index is -0.793. The molecule has 0 saturated carbocycles. The molecule has 0 aliphatic carbocycles. The third kappa shape index (κ3) is 4.88. The molecule has 11 heteroatoms. The van der Waals surface area contributed by atoms with Gasteiger partial charge in [0.2, 0.25) is 0 Å². The maximum atomic E-state index is 13.8. The van der Waals surface area contributed by atoms with E-state index in [9.17, 15) is 14.7 Å². The SMILES string of the molecule is CCOC(=O)C1=C(C)N=c2s/c(=C\c3cc(Br)c(O)c(OC)c3)c(=O)n2[C@@H]1c1ccc(OC)c(OC)c1. The zero-order valence-electron chi connectivity index (χ0n) is 20.8. The number of carbonyl (C=O) groups excluding carboxylic acids is 1. The maximum absolute atomic E-state index is 13.8. The van der Waals surface area contributed by atoms with E-state index in [0.717, 1.165) is 0 Å². The Morgan fingerprint density at radius 1 is 1.14 bits per heavy atom. The summed E-state index contributed by atoms with van der Waals surface area (Å²) in [6.45, 7) is 3.62. The number of phenols is 1. The number of aromatic hydroxyl groups is 1. The molecule has 1 atom stereocenters. The number of hydrogen-bond donors (Lipinski definition) is 1. The number of allylic oxidation sites excluding steroid dienone is 1. The standard InChI is InChI=1S/C26H25BrN2O7S/c1-6-36-25(32)21-13(2)28-26-29(22(21)15-7-8-17(33-3)18(12-15)34-4)24(31)20(37-26)11-14-9-16(27)23(30)19(10-14)35-5/h7-12,22,30H,6H2,1-5H3/b20-11-/t22-/m1/s1. The van der Waals surface area contributed by atoms with Gasteiger partial charge in [-0.1, -0.05) is 17.4 Å². The summed E-state index contributed by atoms with van der Waals surface area (Å²) in [5.74, 6) is 0.649.